The first-order chi connectivity index (χ1) is 16.9. The quantitative estimate of drug-likeness (QED) is 0.122. The molecule has 0 aromatic heterocycles. The Balaban J connectivity index is 2.02. The highest BCUT2D eigenvalue weighted by Gasteiger charge is 2.41. The Morgan fingerprint density at radius 1 is 0.971 bits per heavy atom. The summed E-state index contributed by atoms with van der Waals surface area (Å²) in [5, 5.41) is 0. The normalized spacial score (nSPS) is 20.7. The summed E-state index contributed by atoms with van der Waals surface area (Å²) in [6, 6.07) is 10.7. The standard InChI is InChI=1S/C33H50O2/c1-6-8-10-11-12-13-14-16-20-28(19-9-7-2)26-32(34)35-31-25-27(3)23-24-30(31)33(4,5)29-21-17-15-18-22-29/h15,17-18,21-22,26-27,30-31H,6-11,14,16,19-20,23-25H2,1-5H3/b28-26+/t27-,30-,31-/m1/s1. The number of unbranched alkanes of at least 4 members (excludes halogenated alkanes) is 5. The van der Waals surface area contributed by atoms with Crippen molar-refractivity contribution in [1.82, 2.24) is 0 Å². The SMILES string of the molecule is CCCCCC#CCCC/C(=C/C(=O)O[C@@H]1C[C@H](C)CC[C@H]1C(C)(C)c1ccccc1)CCCC. The fraction of sp³-hybridized carbons (Fsp3) is 0.667. The van der Waals surface area contributed by atoms with Gasteiger partial charge in [0.15, 0.2) is 0 Å². The first-order valence-electron chi connectivity index (χ1n) is 14.3. The highest BCUT2D eigenvalue weighted by Crippen LogP contribution is 2.43. The first-order valence-corrected chi connectivity index (χ1v) is 14.3. The summed E-state index contributed by atoms with van der Waals surface area (Å²) in [7, 11) is 0. The number of hydrogen-bond donors (Lipinski definition) is 0. The van der Waals surface area contributed by atoms with Crippen molar-refractivity contribution in [3.05, 3.63) is 47.5 Å². The second-order valence-electron chi connectivity index (χ2n) is 11.2. The molecule has 35 heavy (non-hydrogen) atoms. The first kappa shape index (κ1) is 29.2. The van der Waals surface area contributed by atoms with Crippen LogP contribution in [0.3, 0.4) is 0 Å². The second kappa shape index (κ2) is 15.9. The fourth-order valence-corrected chi connectivity index (χ4v) is 5.43. The molecule has 1 aliphatic rings. The van der Waals surface area contributed by atoms with Gasteiger partial charge in [0, 0.05) is 24.8 Å². The monoisotopic (exact) mass is 478 g/mol. The Kier molecular flexibility index (Phi) is 13.3. The van der Waals surface area contributed by atoms with E-state index in [1.165, 1.54) is 36.8 Å². The molecular formula is C33H50O2. The number of ether oxygens (including phenoxy) is 1. The Bertz CT molecular complexity index is 824. The van der Waals surface area contributed by atoms with E-state index in [-0.39, 0.29) is 17.5 Å². The number of esters is 1. The van der Waals surface area contributed by atoms with Gasteiger partial charge in [-0.3, -0.25) is 0 Å². The van der Waals surface area contributed by atoms with Crippen LogP contribution in [0.4, 0.5) is 0 Å². The predicted molar refractivity (Wildman–Crippen MR) is 149 cm³/mol. The molecular weight excluding hydrogens is 428 g/mol. The summed E-state index contributed by atoms with van der Waals surface area (Å²) in [5.41, 5.74) is 2.53. The van der Waals surface area contributed by atoms with Crippen LogP contribution >= 0.6 is 0 Å². The van der Waals surface area contributed by atoms with Crippen molar-refractivity contribution in [2.75, 3.05) is 0 Å². The second-order valence-corrected chi connectivity index (χ2v) is 11.2. The van der Waals surface area contributed by atoms with Gasteiger partial charge in [0.1, 0.15) is 6.10 Å². The van der Waals surface area contributed by atoms with Crippen molar-refractivity contribution in [2.24, 2.45) is 11.8 Å². The van der Waals surface area contributed by atoms with Gasteiger partial charge in [-0.15, -0.1) is 11.8 Å². The molecule has 1 aliphatic carbocycles. The third kappa shape index (κ3) is 10.2. The smallest absolute Gasteiger partial charge is 0.330 e. The molecule has 0 aliphatic heterocycles. The van der Waals surface area contributed by atoms with Gasteiger partial charge in [0.25, 0.3) is 0 Å². The predicted octanol–water partition coefficient (Wildman–Crippen LogP) is 9.18. The molecule has 3 atom stereocenters. The Hall–Kier alpha value is -2.01. The summed E-state index contributed by atoms with van der Waals surface area (Å²) < 4.78 is 6.23. The maximum absolute atomic E-state index is 13.1. The summed E-state index contributed by atoms with van der Waals surface area (Å²) in [6.07, 6.45) is 15.9. The lowest BCUT2D eigenvalue weighted by Gasteiger charge is -2.43. The van der Waals surface area contributed by atoms with Crippen LogP contribution in [0.5, 0.6) is 0 Å². The molecule has 1 saturated carbocycles. The summed E-state index contributed by atoms with van der Waals surface area (Å²) >= 11 is 0. The molecule has 0 spiro atoms. The van der Waals surface area contributed by atoms with Crippen LogP contribution in [0.1, 0.15) is 124 Å². The molecule has 0 unspecified atom stereocenters. The lowest BCUT2D eigenvalue weighted by atomic mass is 9.64. The van der Waals surface area contributed by atoms with Gasteiger partial charge in [0.05, 0.1) is 0 Å². The molecule has 0 radical (unpaired) electrons. The fourth-order valence-electron chi connectivity index (χ4n) is 5.43. The molecule has 1 aromatic carbocycles. The minimum atomic E-state index is -0.144. The van der Waals surface area contributed by atoms with Gasteiger partial charge in [-0.25, -0.2) is 4.79 Å². The molecule has 0 saturated heterocycles. The highest BCUT2D eigenvalue weighted by molar-refractivity contribution is 5.83. The summed E-state index contributed by atoms with van der Waals surface area (Å²) in [4.78, 5) is 13.1. The zero-order chi connectivity index (χ0) is 25.5. The number of benzene rings is 1. The van der Waals surface area contributed by atoms with E-state index in [2.05, 4.69) is 76.8 Å². The van der Waals surface area contributed by atoms with Crippen molar-refractivity contribution in [2.45, 2.75) is 130 Å². The molecule has 2 nitrogen and oxygen atoms in total. The molecule has 0 heterocycles. The van der Waals surface area contributed by atoms with Crippen molar-refractivity contribution >= 4 is 5.97 Å². The molecule has 1 aromatic rings. The van der Waals surface area contributed by atoms with Crippen LogP contribution in [0.15, 0.2) is 42.0 Å². The molecule has 0 bridgehead atoms. The van der Waals surface area contributed by atoms with E-state index in [4.69, 9.17) is 4.74 Å². The maximum Gasteiger partial charge on any atom is 0.330 e. The van der Waals surface area contributed by atoms with Crippen LogP contribution in [-0.4, -0.2) is 12.1 Å². The van der Waals surface area contributed by atoms with Crippen molar-refractivity contribution in [3.63, 3.8) is 0 Å². The lowest BCUT2D eigenvalue weighted by molar-refractivity contribution is -0.150. The zero-order valence-corrected chi connectivity index (χ0v) is 23.2. The largest absolute Gasteiger partial charge is 0.459 e. The van der Waals surface area contributed by atoms with E-state index in [1.54, 1.807) is 0 Å². The Morgan fingerprint density at radius 2 is 1.63 bits per heavy atom. The van der Waals surface area contributed by atoms with Crippen LogP contribution in [0.2, 0.25) is 0 Å². The van der Waals surface area contributed by atoms with Gasteiger partial charge in [-0.05, 0) is 61.8 Å². The molecule has 0 amide bonds. The summed E-state index contributed by atoms with van der Waals surface area (Å²) in [6.45, 7) is 11.3. The minimum absolute atomic E-state index is 0.0286. The van der Waals surface area contributed by atoms with E-state index in [1.807, 2.05) is 6.08 Å². The minimum Gasteiger partial charge on any atom is -0.459 e. The molecule has 0 N–H and O–H groups in total. The third-order valence-corrected chi connectivity index (χ3v) is 7.77. The molecule has 1 fully saturated rings. The Morgan fingerprint density at radius 3 is 2.31 bits per heavy atom. The highest BCUT2D eigenvalue weighted by atomic mass is 16.5. The number of carbonyl (C=O) groups excluding carboxylic acids is 1. The van der Waals surface area contributed by atoms with Crippen molar-refractivity contribution in [1.29, 1.82) is 0 Å². The van der Waals surface area contributed by atoms with E-state index in [0.29, 0.717) is 11.8 Å². The average Bonchev–Trinajstić information content (AvgIpc) is 2.84. The van der Waals surface area contributed by atoms with E-state index in [9.17, 15) is 4.79 Å². The van der Waals surface area contributed by atoms with Crippen LogP contribution < -0.4 is 0 Å². The van der Waals surface area contributed by atoms with E-state index >= 15 is 0 Å². The molecule has 194 valence electrons. The van der Waals surface area contributed by atoms with Crippen LogP contribution in [-0.2, 0) is 14.9 Å². The maximum atomic E-state index is 13.1. The number of allylic oxidation sites excluding steroid dienone is 1. The number of hydrogen-bond acceptors (Lipinski definition) is 2. The van der Waals surface area contributed by atoms with Gasteiger partial charge in [-0.2, -0.15) is 0 Å². The van der Waals surface area contributed by atoms with Crippen molar-refractivity contribution in [3.8, 4) is 11.8 Å². The number of rotatable bonds is 13. The topological polar surface area (TPSA) is 26.3 Å². The lowest BCUT2D eigenvalue weighted by Crippen LogP contribution is -2.43. The number of carbonyl (C=O) groups is 1. The van der Waals surface area contributed by atoms with Crippen molar-refractivity contribution < 1.29 is 9.53 Å². The molecule has 2 rings (SSSR count). The van der Waals surface area contributed by atoms with Gasteiger partial charge in [0.2, 0.25) is 0 Å². The van der Waals surface area contributed by atoms with E-state index < -0.39 is 0 Å². The van der Waals surface area contributed by atoms with Crippen LogP contribution in [0, 0.1) is 23.7 Å². The van der Waals surface area contributed by atoms with Gasteiger partial charge in [-0.1, -0.05) is 96.2 Å². The van der Waals surface area contributed by atoms with E-state index in [0.717, 1.165) is 57.8 Å². The third-order valence-electron chi connectivity index (χ3n) is 7.77. The Labute approximate surface area is 216 Å². The zero-order valence-electron chi connectivity index (χ0n) is 23.2. The molecule has 2 heteroatoms. The van der Waals surface area contributed by atoms with Gasteiger partial charge >= 0.3 is 5.97 Å². The summed E-state index contributed by atoms with van der Waals surface area (Å²) in [5.74, 6) is 7.41. The van der Waals surface area contributed by atoms with Gasteiger partial charge < -0.3 is 4.74 Å². The average molecular weight is 479 g/mol. The van der Waals surface area contributed by atoms with Crippen LogP contribution in [0.25, 0.3) is 0 Å².